The van der Waals surface area contributed by atoms with Crippen molar-refractivity contribution >= 4 is 5.97 Å². The van der Waals surface area contributed by atoms with Crippen LogP contribution in [0.15, 0.2) is 65.5 Å². The van der Waals surface area contributed by atoms with Gasteiger partial charge in [-0.15, -0.1) is 0 Å². The largest absolute Gasteiger partial charge is 0.478 e. The lowest BCUT2D eigenvalue weighted by atomic mass is 9.98. The second-order valence-corrected chi connectivity index (χ2v) is 7.72. The van der Waals surface area contributed by atoms with Gasteiger partial charge in [0.15, 0.2) is 5.43 Å². The topological polar surface area (TPSA) is 73.4 Å². The van der Waals surface area contributed by atoms with E-state index in [1.807, 2.05) is 31.2 Å². The summed E-state index contributed by atoms with van der Waals surface area (Å²) in [4.78, 5) is 29.0. The molecule has 4 rings (SSSR count). The molecule has 0 aliphatic carbocycles. The molecule has 5 nitrogen and oxygen atoms in total. The molecule has 1 aromatic heterocycles. The Morgan fingerprint density at radius 2 is 1.90 bits per heavy atom. The lowest BCUT2D eigenvalue weighted by Crippen LogP contribution is -2.20. The first-order chi connectivity index (χ1) is 14.0. The number of hydrogen-bond donors (Lipinski definition) is 2. The lowest BCUT2D eigenvalue weighted by molar-refractivity contribution is 0.0697. The number of likely N-dealkylation sites (tertiary alicyclic amines) is 1. The summed E-state index contributed by atoms with van der Waals surface area (Å²) >= 11 is 0. The van der Waals surface area contributed by atoms with E-state index in [-0.39, 0.29) is 5.43 Å². The molecule has 1 aliphatic heterocycles. The van der Waals surface area contributed by atoms with Crippen LogP contribution in [0.1, 0.15) is 39.6 Å². The Hall–Kier alpha value is -3.18. The summed E-state index contributed by atoms with van der Waals surface area (Å²) < 4.78 is 0. The summed E-state index contributed by atoms with van der Waals surface area (Å²) in [6.07, 6.45) is 1.03. The zero-order valence-electron chi connectivity index (χ0n) is 16.4. The molecule has 0 spiro atoms. The number of aromatic carboxylic acids is 1. The molecule has 2 N–H and O–H groups in total. The number of carbonyl (C=O) groups is 1. The number of benzene rings is 2. The second-order valence-electron chi connectivity index (χ2n) is 7.72. The van der Waals surface area contributed by atoms with Gasteiger partial charge in [0.25, 0.3) is 0 Å². The van der Waals surface area contributed by atoms with Crippen LogP contribution in [0, 0.1) is 6.92 Å². The van der Waals surface area contributed by atoms with Gasteiger partial charge in [0.05, 0.1) is 5.56 Å². The quantitative estimate of drug-likeness (QED) is 0.692. The van der Waals surface area contributed by atoms with Crippen molar-refractivity contribution in [3.8, 4) is 11.1 Å². The molecule has 1 atom stereocenters. The minimum absolute atomic E-state index is 0.0620. The average Bonchev–Trinajstić information content (AvgIpc) is 3.16. The summed E-state index contributed by atoms with van der Waals surface area (Å²) in [5, 5.41) is 9.40. The Bertz CT molecular complexity index is 1090. The number of aromatic nitrogens is 1. The fraction of sp³-hybridized carbons (Fsp3) is 0.250. The first-order valence-corrected chi connectivity index (χ1v) is 9.84. The number of hydrogen-bond acceptors (Lipinski definition) is 3. The van der Waals surface area contributed by atoms with E-state index >= 15 is 0 Å². The maximum Gasteiger partial charge on any atom is 0.336 e. The number of nitrogens with one attached hydrogen (secondary N) is 1. The maximum absolute atomic E-state index is 11.8. The van der Waals surface area contributed by atoms with E-state index in [1.54, 1.807) is 24.3 Å². The molecule has 29 heavy (non-hydrogen) atoms. The minimum atomic E-state index is -0.915. The summed E-state index contributed by atoms with van der Waals surface area (Å²) in [5.74, 6) is -0.564. The smallest absolute Gasteiger partial charge is 0.336 e. The Balaban J connectivity index is 1.45. The van der Waals surface area contributed by atoms with E-state index in [9.17, 15) is 14.7 Å². The van der Waals surface area contributed by atoms with Crippen molar-refractivity contribution < 1.29 is 9.90 Å². The van der Waals surface area contributed by atoms with Crippen molar-refractivity contribution in [3.05, 3.63) is 93.4 Å². The molecule has 5 heteroatoms. The van der Waals surface area contributed by atoms with E-state index in [1.165, 1.54) is 5.56 Å². The third-order valence-electron chi connectivity index (χ3n) is 5.54. The van der Waals surface area contributed by atoms with E-state index in [2.05, 4.69) is 22.0 Å². The molecule has 3 aromatic rings. The maximum atomic E-state index is 11.8. The fourth-order valence-corrected chi connectivity index (χ4v) is 4.13. The Kier molecular flexibility index (Phi) is 5.32. The number of carboxylic acid groups (broad SMARTS) is 1. The highest BCUT2D eigenvalue weighted by molar-refractivity contribution is 5.95. The molecule has 0 saturated carbocycles. The molecule has 0 radical (unpaired) electrons. The number of H-pyrrole nitrogens is 1. The van der Waals surface area contributed by atoms with Crippen molar-refractivity contribution in [2.24, 2.45) is 0 Å². The van der Waals surface area contributed by atoms with Crippen molar-refractivity contribution in [1.29, 1.82) is 0 Å². The summed E-state index contributed by atoms with van der Waals surface area (Å²) in [5.41, 5.74) is 5.14. The molecule has 0 amide bonds. The standard InChI is InChI=1S/C24H24N2O3/c1-16-12-20(27)13-23(25-16)19-10-11-26(15-19)14-17-6-8-18(9-7-17)21-4-2-3-5-22(21)24(28)29/h2-9,12-13,19H,10-11,14-15H2,1H3,(H,25,27)(H,28,29)/t19-/m1/s1. The molecular weight excluding hydrogens is 364 g/mol. The number of pyridine rings is 1. The van der Waals surface area contributed by atoms with Crippen molar-refractivity contribution in [2.45, 2.75) is 25.8 Å². The molecule has 0 unspecified atom stereocenters. The first kappa shape index (κ1) is 19.2. The summed E-state index contributed by atoms with van der Waals surface area (Å²) in [6.45, 7) is 4.67. The monoisotopic (exact) mass is 388 g/mol. The molecule has 1 saturated heterocycles. The number of carboxylic acids is 1. The Labute approximate surface area is 169 Å². The van der Waals surface area contributed by atoms with Crippen LogP contribution in [0.25, 0.3) is 11.1 Å². The van der Waals surface area contributed by atoms with Crippen LogP contribution in [0.2, 0.25) is 0 Å². The highest BCUT2D eigenvalue weighted by atomic mass is 16.4. The highest BCUT2D eigenvalue weighted by Crippen LogP contribution is 2.28. The van der Waals surface area contributed by atoms with Crippen molar-refractivity contribution in [2.75, 3.05) is 13.1 Å². The van der Waals surface area contributed by atoms with Crippen LogP contribution in [-0.4, -0.2) is 34.0 Å². The van der Waals surface area contributed by atoms with Gasteiger partial charge in [-0.2, -0.15) is 0 Å². The van der Waals surface area contributed by atoms with Gasteiger partial charge in [0, 0.05) is 42.5 Å². The molecule has 148 valence electrons. The average molecular weight is 388 g/mol. The fourth-order valence-electron chi connectivity index (χ4n) is 4.13. The zero-order valence-corrected chi connectivity index (χ0v) is 16.4. The van der Waals surface area contributed by atoms with Crippen LogP contribution in [0.3, 0.4) is 0 Å². The normalized spacial score (nSPS) is 16.8. The van der Waals surface area contributed by atoms with E-state index in [0.717, 1.165) is 48.6 Å². The van der Waals surface area contributed by atoms with Gasteiger partial charge in [0.1, 0.15) is 0 Å². The van der Waals surface area contributed by atoms with Gasteiger partial charge in [-0.1, -0.05) is 42.5 Å². The van der Waals surface area contributed by atoms with Gasteiger partial charge in [-0.3, -0.25) is 9.69 Å². The molecule has 1 fully saturated rings. The predicted octanol–water partition coefficient (Wildman–Crippen LogP) is 4.04. The predicted molar refractivity (Wildman–Crippen MR) is 113 cm³/mol. The highest BCUT2D eigenvalue weighted by Gasteiger charge is 2.24. The van der Waals surface area contributed by atoms with E-state index in [0.29, 0.717) is 11.5 Å². The van der Waals surface area contributed by atoms with Gasteiger partial charge in [-0.25, -0.2) is 4.79 Å². The number of rotatable bonds is 5. The van der Waals surface area contributed by atoms with Gasteiger partial charge < -0.3 is 10.1 Å². The van der Waals surface area contributed by atoms with Crippen LogP contribution >= 0.6 is 0 Å². The van der Waals surface area contributed by atoms with E-state index < -0.39 is 5.97 Å². The lowest BCUT2D eigenvalue weighted by Gasteiger charge is -2.17. The van der Waals surface area contributed by atoms with Crippen LogP contribution < -0.4 is 5.43 Å². The zero-order chi connectivity index (χ0) is 20.4. The minimum Gasteiger partial charge on any atom is -0.478 e. The molecular formula is C24H24N2O3. The Morgan fingerprint density at radius 1 is 1.14 bits per heavy atom. The molecule has 0 bridgehead atoms. The number of nitrogens with zero attached hydrogens (tertiary/aromatic N) is 1. The van der Waals surface area contributed by atoms with Gasteiger partial charge in [-0.05, 0) is 42.6 Å². The van der Waals surface area contributed by atoms with Crippen LogP contribution in [0.5, 0.6) is 0 Å². The first-order valence-electron chi connectivity index (χ1n) is 9.84. The SMILES string of the molecule is Cc1cc(=O)cc([C@@H]2CCN(Cc3ccc(-c4ccccc4C(=O)O)cc3)C2)[nH]1. The Morgan fingerprint density at radius 3 is 2.62 bits per heavy atom. The molecule has 2 aromatic carbocycles. The molecule has 2 heterocycles. The van der Waals surface area contributed by atoms with Gasteiger partial charge in [0.2, 0.25) is 0 Å². The van der Waals surface area contributed by atoms with Crippen molar-refractivity contribution in [1.82, 2.24) is 9.88 Å². The van der Waals surface area contributed by atoms with Crippen LogP contribution in [0.4, 0.5) is 0 Å². The number of aryl methyl sites for hydroxylation is 1. The third-order valence-corrected chi connectivity index (χ3v) is 5.54. The summed E-state index contributed by atoms with van der Waals surface area (Å²) in [6, 6.07) is 18.5. The number of aromatic amines is 1. The van der Waals surface area contributed by atoms with E-state index in [4.69, 9.17) is 0 Å². The third kappa shape index (κ3) is 4.30. The van der Waals surface area contributed by atoms with Crippen LogP contribution in [-0.2, 0) is 6.54 Å². The molecule has 1 aliphatic rings. The summed E-state index contributed by atoms with van der Waals surface area (Å²) in [7, 11) is 0. The van der Waals surface area contributed by atoms with Crippen molar-refractivity contribution in [3.63, 3.8) is 0 Å². The second kappa shape index (κ2) is 8.05. The van der Waals surface area contributed by atoms with Gasteiger partial charge >= 0.3 is 5.97 Å².